The first kappa shape index (κ1) is 34.8. The number of aryl methyl sites for hydroxylation is 1. The molecule has 2 aromatic carbocycles. The molecule has 0 spiro atoms. The smallest absolute Gasteiger partial charge is 0.347 e. The average molecular weight is 679 g/mol. The van der Waals surface area contributed by atoms with E-state index in [1.807, 2.05) is 19.1 Å². The molecule has 1 aliphatic carbocycles. The first-order valence-corrected chi connectivity index (χ1v) is 15.3. The number of para-hydroxylation sites is 1. The summed E-state index contributed by atoms with van der Waals surface area (Å²) in [5, 5.41) is 0.595. The second kappa shape index (κ2) is 14.3. The van der Waals surface area contributed by atoms with Crippen molar-refractivity contribution in [1.29, 1.82) is 0 Å². The molecular weight excluding hydrogens is 644 g/mol. The lowest BCUT2D eigenvalue weighted by atomic mass is 9.98. The molecular formula is C35H34O14. The Morgan fingerprint density at radius 3 is 2.16 bits per heavy atom. The van der Waals surface area contributed by atoms with Gasteiger partial charge in [-0.15, -0.1) is 0 Å². The van der Waals surface area contributed by atoms with Crippen LogP contribution in [0.2, 0.25) is 0 Å². The summed E-state index contributed by atoms with van der Waals surface area (Å²) in [6.45, 7) is 7.66. The minimum Gasteiger partial charge on any atom is -0.463 e. The van der Waals surface area contributed by atoms with Gasteiger partial charge in [0.2, 0.25) is 12.4 Å². The molecule has 14 heteroatoms. The number of esters is 5. The normalized spacial score (nSPS) is 21.2. The van der Waals surface area contributed by atoms with E-state index in [9.17, 15) is 28.8 Å². The lowest BCUT2D eigenvalue weighted by Crippen LogP contribution is -2.63. The van der Waals surface area contributed by atoms with E-state index in [1.165, 1.54) is 18.2 Å². The lowest BCUT2D eigenvalue weighted by molar-refractivity contribution is -0.288. The van der Waals surface area contributed by atoms with Gasteiger partial charge >= 0.3 is 35.5 Å². The lowest BCUT2D eigenvalue weighted by Gasteiger charge is -2.44. The number of hydrogen-bond acceptors (Lipinski definition) is 14. The zero-order chi connectivity index (χ0) is 35.6. The zero-order valence-corrected chi connectivity index (χ0v) is 27.6. The van der Waals surface area contributed by atoms with Crippen LogP contribution in [0.25, 0.3) is 16.5 Å². The number of hydrogen-bond donors (Lipinski definition) is 0. The van der Waals surface area contributed by atoms with Gasteiger partial charge < -0.3 is 37.6 Å². The molecule has 1 fully saturated rings. The highest BCUT2D eigenvalue weighted by atomic mass is 16.7. The number of ether oxygens (including phenoxy) is 7. The summed E-state index contributed by atoms with van der Waals surface area (Å²) in [6.07, 6.45) is -4.87. The van der Waals surface area contributed by atoms with Crippen LogP contribution in [0.3, 0.4) is 0 Å². The number of allylic oxidation sites excluding steroid dienone is 2. The first-order chi connectivity index (χ1) is 23.2. The van der Waals surface area contributed by atoms with Crippen LogP contribution in [-0.2, 0) is 49.3 Å². The van der Waals surface area contributed by atoms with Gasteiger partial charge in [0.1, 0.15) is 24.0 Å². The highest BCUT2D eigenvalue weighted by Gasteiger charge is 2.53. The van der Waals surface area contributed by atoms with Crippen LogP contribution in [0, 0.1) is 6.92 Å². The fraction of sp³-hybridized carbons (Fsp3) is 0.371. The number of rotatable bonds is 9. The fourth-order valence-electron chi connectivity index (χ4n) is 5.78. The van der Waals surface area contributed by atoms with Crippen molar-refractivity contribution in [2.45, 2.75) is 78.7 Å². The van der Waals surface area contributed by atoms with Crippen molar-refractivity contribution in [3.63, 3.8) is 0 Å². The van der Waals surface area contributed by atoms with Crippen molar-refractivity contribution in [3.05, 3.63) is 75.1 Å². The molecule has 1 saturated heterocycles. The summed E-state index contributed by atoms with van der Waals surface area (Å²) < 4.78 is 45.1. The number of benzene rings is 2. The third-order valence-electron chi connectivity index (χ3n) is 7.83. The Balaban J connectivity index is 1.53. The van der Waals surface area contributed by atoms with Crippen molar-refractivity contribution in [2.24, 2.45) is 0 Å². The van der Waals surface area contributed by atoms with Crippen molar-refractivity contribution < 1.29 is 61.5 Å². The molecule has 49 heavy (non-hydrogen) atoms. The van der Waals surface area contributed by atoms with Gasteiger partial charge in [-0.3, -0.25) is 19.2 Å². The van der Waals surface area contributed by atoms with Gasteiger partial charge in [0.25, 0.3) is 0 Å². The van der Waals surface area contributed by atoms with Gasteiger partial charge in [0.15, 0.2) is 23.5 Å². The Morgan fingerprint density at radius 1 is 0.837 bits per heavy atom. The number of carbonyl (C=O) groups is 5. The summed E-state index contributed by atoms with van der Waals surface area (Å²) in [7, 11) is 0. The molecule has 0 N–H and O–H groups in total. The van der Waals surface area contributed by atoms with Gasteiger partial charge in [-0.2, -0.15) is 0 Å². The van der Waals surface area contributed by atoms with E-state index in [1.54, 1.807) is 19.1 Å². The maximum Gasteiger partial charge on any atom is 0.347 e. The Morgan fingerprint density at radius 2 is 1.49 bits per heavy atom. The van der Waals surface area contributed by atoms with E-state index in [2.05, 4.69) is 0 Å². The summed E-state index contributed by atoms with van der Waals surface area (Å²) >= 11 is 0. The second-order valence-corrected chi connectivity index (χ2v) is 11.5. The Kier molecular flexibility index (Phi) is 10.2. The van der Waals surface area contributed by atoms with Crippen LogP contribution < -0.4 is 15.1 Å². The Labute approximate surface area is 279 Å². The van der Waals surface area contributed by atoms with Gasteiger partial charge in [-0.25, -0.2) is 9.59 Å². The van der Waals surface area contributed by atoms with Crippen molar-refractivity contribution in [2.75, 3.05) is 6.61 Å². The van der Waals surface area contributed by atoms with Crippen molar-refractivity contribution >= 4 is 46.4 Å². The molecule has 2 heterocycles. The second-order valence-electron chi connectivity index (χ2n) is 11.5. The SMILES string of the molecule is CC(=O)OC[C@H]1O[C@@H](Oc2ccccc2C(=O)Oc2c3c(cc4c(C)cc(=O)oc24)C(C)=CC3)[C@H](OC(C)=O)[C@@H](OC(C)=O)[C@H]1OC(C)=O. The number of fused-ring (bicyclic) bond motifs is 2. The molecule has 2 aliphatic rings. The van der Waals surface area contributed by atoms with Gasteiger partial charge in [0, 0.05) is 44.7 Å². The van der Waals surface area contributed by atoms with E-state index >= 15 is 0 Å². The minimum atomic E-state index is -1.59. The molecule has 5 rings (SSSR count). The zero-order valence-electron chi connectivity index (χ0n) is 27.6. The molecule has 1 aliphatic heterocycles. The Bertz CT molecular complexity index is 1920. The highest BCUT2D eigenvalue weighted by molar-refractivity contribution is 5.99. The quantitative estimate of drug-likeness (QED) is 0.138. The molecule has 0 amide bonds. The summed E-state index contributed by atoms with van der Waals surface area (Å²) in [4.78, 5) is 74.5. The highest BCUT2D eigenvalue weighted by Crippen LogP contribution is 2.41. The fourth-order valence-corrected chi connectivity index (χ4v) is 5.78. The molecule has 0 bridgehead atoms. The van der Waals surface area contributed by atoms with Gasteiger partial charge in [0.05, 0.1) is 0 Å². The maximum absolute atomic E-state index is 13.9. The molecule has 258 valence electrons. The molecule has 1 aromatic heterocycles. The number of carbonyl (C=O) groups excluding carboxylic acids is 5. The third-order valence-corrected chi connectivity index (χ3v) is 7.83. The van der Waals surface area contributed by atoms with E-state index in [0.29, 0.717) is 22.9 Å². The van der Waals surface area contributed by atoms with E-state index in [-0.39, 0.29) is 22.6 Å². The average Bonchev–Trinajstić information content (AvgIpc) is 3.39. The molecule has 5 atom stereocenters. The van der Waals surface area contributed by atoms with Crippen LogP contribution in [0.15, 0.2) is 51.7 Å². The van der Waals surface area contributed by atoms with Crippen LogP contribution in [0.4, 0.5) is 0 Å². The standard InChI is InChI=1S/C35H34O14/c1-16-11-12-22-24(16)14-25-17(2)13-28(40)48-30(25)29(22)49-34(41)23-9-7-8-10-26(23)46-35-33(45-21(6)39)32(44-20(5)38)31(43-19(4)37)27(47-35)15-42-18(3)36/h7-11,13-14,27,31-33,35H,12,15H2,1-6H3/t27-,31+,32+,33-,35-/m1/s1. The van der Waals surface area contributed by atoms with E-state index in [0.717, 1.165) is 38.8 Å². The molecule has 0 unspecified atom stereocenters. The summed E-state index contributed by atoms with van der Waals surface area (Å²) in [5.41, 5.74) is 2.50. The van der Waals surface area contributed by atoms with Crippen LogP contribution >= 0.6 is 0 Å². The van der Waals surface area contributed by atoms with E-state index in [4.69, 9.17) is 37.6 Å². The van der Waals surface area contributed by atoms with Crippen LogP contribution in [0.1, 0.15) is 61.7 Å². The van der Waals surface area contributed by atoms with Crippen LogP contribution in [0.5, 0.6) is 11.5 Å². The molecule has 0 radical (unpaired) electrons. The molecule has 3 aromatic rings. The van der Waals surface area contributed by atoms with Crippen molar-refractivity contribution in [3.8, 4) is 11.5 Å². The predicted octanol–water partition coefficient (Wildman–Crippen LogP) is 3.74. The topological polar surface area (TPSA) is 180 Å². The third kappa shape index (κ3) is 7.64. The van der Waals surface area contributed by atoms with Gasteiger partial charge in [-0.05, 0) is 55.2 Å². The monoisotopic (exact) mass is 678 g/mol. The molecule has 0 saturated carbocycles. The Hall–Kier alpha value is -5.50. The summed E-state index contributed by atoms with van der Waals surface area (Å²) in [5.74, 6) is -4.01. The molecule has 14 nitrogen and oxygen atoms in total. The summed E-state index contributed by atoms with van der Waals surface area (Å²) in [6, 6.07) is 9.20. The van der Waals surface area contributed by atoms with Crippen LogP contribution in [-0.4, -0.2) is 67.2 Å². The minimum absolute atomic E-state index is 0.0773. The maximum atomic E-state index is 13.9. The van der Waals surface area contributed by atoms with E-state index < -0.39 is 72.8 Å². The van der Waals surface area contributed by atoms with Crippen molar-refractivity contribution in [1.82, 2.24) is 0 Å². The predicted molar refractivity (Wildman–Crippen MR) is 169 cm³/mol. The first-order valence-electron chi connectivity index (χ1n) is 15.3. The van der Waals surface area contributed by atoms with Gasteiger partial charge in [-0.1, -0.05) is 18.2 Å². The largest absolute Gasteiger partial charge is 0.463 e.